The van der Waals surface area contributed by atoms with Crippen molar-refractivity contribution < 1.29 is 9.47 Å². The predicted octanol–water partition coefficient (Wildman–Crippen LogP) is 2.79. The molecule has 1 aliphatic carbocycles. The molecular weight excluding hydrogens is 262 g/mol. The molecule has 3 heteroatoms. The smallest absolute Gasteiger partial charge is 0.135 e. The molecule has 1 spiro atoms. The first-order valence-electron chi connectivity index (χ1n) is 7.81. The second-order valence-electron chi connectivity index (χ2n) is 6.12. The lowest BCUT2D eigenvalue weighted by Crippen LogP contribution is -2.48. The van der Waals surface area contributed by atoms with Gasteiger partial charge in [0.2, 0.25) is 0 Å². The summed E-state index contributed by atoms with van der Waals surface area (Å²) in [6.45, 7) is 3.24. The third-order valence-corrected chi connectivity index (χ3v) is 4.47. The van der Waals surface area contributed by atoms with Crippen molar-refractivity contribution in [2.24, 2.45) is 5.73 Å². The molecule has 3 nitrogen and oxygen atoms in total. The van der Waals surface area contributed by atoms with Crippen LogP contribution in [0.15, 0.2) is 18.2 Å². The summed E-state index contributed by atoms with van der Waals surface area (Å²) in [4.78, 5) is 0. The van der Waals surface area contributed by atoms with Gasteiger partial charge in [0.1, 0.15) is 11.9 Å². The maximum atomic E-state index is 6.25. The molecule has 2 aliphatic rings. The van der Waals surface area contributed by atoms with Crippen LogP contribution in [-0.4, -0.2) is 24.9 Å². The van der Waals surface area contributed by atoms with E-state index in [0.717, 1.165) is 30.8 Å². The summed E-state index contributed by atoms with van der Waals surface area (Å²) >= 11 is 0. The molecular formula is C18H23NO2. The van der Waals surface area contributed by atoms with Gasteiger partial charge < -0.3 is 15.2 Å². The van der Waals surface area contributed by atoms with Crippen molar-refractivity contribution in [1.29, 1.82) is 0 Å². The topological polar surface area (TPSA) is 44.5 Å². The molecule has 2 N–H and O–H groups in total. The van der Waals surface area contributed by atoms with Crippen molar-refractivity contribution in [2.45, 2.75) is 50.7 Å². The third-order valence-electron chi connectivity index (χ3n) is 4.47. The zero-order chi connectivity index (χ0) is 14.7. The monoisotopic (exact) mass is 285 g/mol. The van der Waals surface area contributed by atoms with E-state index in [0.29, 0.717) is 6.54 Å². The molecule has 1 unspecified atom stereocenters. The second-order valence-corrected chi connectivity index (χ2v) is 6.12. The maximum absolute atomic E-state index is 6.25. The van der Waals surface area contributed by atoms with Crippen molar-refractivity contribution in [3.63, 3.8) is 0 Å². The Morgan fingerprint density at radius 2 is 2.29 bits per heavy atom. The van der Waals surface area contributed by atoms with Crippen LogP contribution in [0.5, 0.6) is 5.75 Å². The maximum Gasteiger partial charge on any atom is 0.135 e. The van der Waals surface area contributed by atoms with Crippen LogP contribution >= 0.6 is 0 Å². The van der Waals surface area contributed by atoms with Crippen LogP contribution in [0, 0.1) is 18.8 Å². The van der Waals surface area contributed by atoms with Gasteiger partial charge in [-0.2, -0.15) is 0 Å². The highest BCUT2D eigenvalue weighted by Crippen LogP contribution is 2.43. The highest BCUT2D eigenvalue weighted by Gasteiger charge is 2.43. The molecule has 1 saturated heterocycles. The van der Waals surface area contributed by atoms with E-state index in [2.05, 4.69) is 30.9 Å². The minimum absolute atomic E-state index is 0.108. The Morgan fingerprint density at radius 3 is 3.00 bits per heavy atom. The van der Waals surface area contributed by atoms with Crippen molar-refractivity contribution in [3.05, 3.63) is 29.3 Å². The van der Waals surface area contributed by atoms with Crippen LogP contribution in [0.1, 0.15) is 43.2 Å². The van der Waals surface area contributed by atoms with E-state index in [1.165, 1.54) is 24.8 Å². The molecule has 2 fully saturated rings. The summed E-state index contributed by atoms with van der Waals surface area (Å²) in [5.74, 6) is 6.92. The number of rotatable bonds is 2. The molecule has 1 aromatic rings. The van der Waals surface area contributed by atoms with E-state index >= 15 is 0 Å². The van der Waals surface area contributed by atoms with Crippen LogP contribution in [0.4, 0.5) is 0 Å². The fourth-order valence-corrected chi connectivity index (χ4v) is 3.17. The van der Waals surface area contributed by atoms with Gasteiger partial charge in [0.15, 0.2) is 0 Å². The number of nitrogens with two attached hydrogens (primary N) is 1. The first-order chi connectivity index (χ1) is 10.2. The predicted molar refractivity (Wildman–Crippen MR) is 83.3 cm³/mol. The Labute approximate surface area is 126 Å². The average molecular weight is 285 g/mol. The molecule has 0 radical (unpaired) electrons. The van der Waals surface area contributed by atoms with Gasteiger partial charge in [-0.05, 0) is 43.9 Å². The number of ether oxygens (including phenoxy) is 2. The normalized spacial score (nSPS) is 23.0. The van der Waals surface area contributed by atoms with Gasteiger partial charge in [0.05, 0.1) is 24.3 Å². The highest BCUT2D eigenvalue weighted by atomic mass is 16.5. The fourth-order valence-electron chi connectivity index (χ4n) is 3.17. The van der Waals surface area contributed by atoms with E-state index in [1.807, 2.05) is 6.07 Å². The standard InChI is InChI=1S/C18H23NO2/c1-14-5-6-17(15(12-14)4-2-10-19)21-16-7-11-20-18(13-16)8-3-9-18/h5-6,12,16H,3,7-11,13,19H2,1H3. The number of hydrogen-bond acceptors (Lipinski definition) is 3. The Kier molecular flexibility index (Phi) is 4.19. The van der Waals surface area contributed by atoms with Crippen molar-refractivity contribution >= 4 is 0 Å². The Morgan fingerprint density at radius 1 is 1.43 bits per heavy atom. The van der Waals surface area contributed by atoms with Crippen molar-refractivity contribution in [1.82, 2.24) is 0 Å². The van der Waals surface area contributed by atoms with E-state index < -0.39 is 0 Å². The molecule has 21 heavy (non-hydrogen) atoms. The van der Waals surface area contributed by atoms with Crippen LogP contribution in [-0.2, 0) is 4.74 Å². The molecule has 1 aliphatic heterocycles. The summed E-state index contributed by atoms with van der Waals surface area (Å²) in [7, 11) is 0. The van der Waals surface area contributed by atoms with Gasteiger partial charge in [0.25, 0.3) is 0 Å². The van der Waals surface area contributed by atoms with Crippen molar-refractivity contribution in [2.75, 3.05) is 13.2 Å². The van der Waals surface area contributed by atoms with Crippen LogP contribution in [0.25, 0.3) is 0 Å². The van der Waals surface area contributed by atoms with Crippen LogP contribution in [0.3, 0.4) is 0 Å². The summed E-state index contributed by atoms with van der Waals surface area (Å²) < 4.78 is 12.2. The Balaban J connectivity index is 1.74. The lowest BCUT2D eigenvalue weighted by Gasteiger charge is -2.46. The number of hydrogen-bond donors (Lipinski definition) is 1. The van der Waals surface area contributed by atoms with Gasteiger partial charge >= 0.3 is 0 Å². The average Bonchev–Trinajstić information content (AvgIpc) is 2.46. The lowest BCUT2D eigenvalue weighted by atomic mass is 9.74. The molecule has 0 bridgehead atoms. The van der Waals surface area contributed by atoms with E-state index in [4.69, 9.17) is 15.2 Å². The summed E-state index contributed by atoms with van der Waals surface area (Å²) in [6.07, 6.45) is 5.84. The van der Waals surface area contributed by atoms with Crippen LogP contribution < -0.4 is 10.5 Å². The minimum Gasteiger partial charge on any atom is -0.489 e. The summed E-state index contributed by atoms with van der Waals surface area (Å²) in [5.41, 5.74) is 7.71. The first-order valence-corrected chi connectivity index (χ1v) is 7.81. The quantitative estimate of drug-likeness (QED) is 0.850. The van der Waals surface area contributed by atoms with Gasteiger partial charge in [-0.3, -0.25) is 0 Å². The Hall–Kier alpha value is -1.50. The number of benzene rings is 1. The zero-order valence-corrected chi connectivity index (χ0v) is 12.7. The molecule has 1 aromatic carbocycles. The molecule has 0 amide bonds. The third kappa shape index (κ3) is 3.23. The Bertz CT molecular complexity index is 566. The molecule has 1 saturated carbocycles. The largest absolute Gasteiger partial charge is 0.489 e. The summed E-state index contributed by atoms with van der Waals surface area (Å²) in [6, 6.07) is 6.16. The second kappa shape index (κ2) is 6.09. The van der Waals surface area contributed by atoms with Gasteiger partial charge in [-0.1, -0.05) is 17.9 Å². The fraction of sp³-hybridized carbons (Fsp3) is 0.556. The van der Waals surface area contributed by atoms with Crippen molar-refractivity contribution in [3.8, 4) is 17.6 Å². The van der Waals surface area contributed by atoms with Gasteiger partial charge in [-0.25, -0.2) is 0 Å². The SMILES string of the molecule is Cc1ccc(OC2CCOC3(CCC3)C2)c(C#CCN)c1. The minimum atomic E-state index is 0.108. The lowest BCUT2D eigenvalue weighted by molar-refractivity contribution is -0.153. The molecule has 112 valence electrons. The number of aryl methyl sites for hydroxylation is 1. The molecule has 1 atom stereocenters. The first kappa shape index (κ1) is 14.4. The molecule has 0 aromatic heterocycles. The highest BCUT2D eigenvalue weighted by molar-refractivity contribution is 5.48. The van der Waals surface area contributed by atoms with Gasteiger partial charge in [-0.15, -0.1) is 0 Å². The molecule has 3 rings (SSSR count). The van der Waals surface area contributed by atoms with E-state index in [-0.39, 0.29) is 11.7 Å². The summed E-state index contributed by atoms with van der Waals surface area (Å²) in [5, 5.41) is 0. The van der Waals surface area contributed by atoms with E-state index in [9.17, 15) is 0 Å². The van der Waals surface area contributed by atoms with E-state index in [1.54, 1.807) is 0 Å². The molecule has 1 heterocycles. The van der Waals surface area contributed by atoms with Gasteiger partial charge in [0, 0.05) is 12.8 Å². The van der Waals surface area contributed by atoms with Crippen LogP contribution in [0.2, 0.25) is 0 Å². The zero-order valence-electron chi connectivity index (χ0n) is 12.7.